The summed E-state index contributed by atoms with van der Waals surface area (Å²) < 4.78 is 90.1. The number of rotatable bonds is 5. The summed E-state index contributed by atoms with van der Waals surface area (Å²) in [6.45, 7) is 0. The molecule has 25 heavy (non-hydrogen) atoms. The molecule has 0 saturated carbocycles. The van der Waals surface area contributed by atoms with E-state index >= 15 is 0 Å². The van der Waals surface area contributed by atoms with Crippen LogP contribution in [0.4, 0.5) is 18.9 Å². The van der Waals surface area contributed by atoms with Crippen molar-refractivity contribution in [1.82, 2.24) is 0 Å². The Labute approximate surface area is 141 Å². The molecular formula is C13H11F3N2O5S2. The number of anilines is 1. The van der Waals surface area contributed by atoms with Gasteiger partial charge < -0.3 is 4.74 Å². The number of alkyl halides is 3. The first kappa shape index (κ1) is 19.0. The Kier molecular flexibility index (Phi) is 4.97. The highest BCUT2D eigenvalue weighted by Crippen LogP contribution is 2.30. The van der Waals surface area contributed by atoms with E-state index in [1.807, 2.05) is 4.72 Å². The lowest BCUT2D eigenvalue weighted by molar-refractivity contribution is -0.275. The van der Waals surface area contributed by atoms with Gasteiger partial charge in [-0.1, -0.05) is 18.2 Å². The lowest BCUT2D eigenvalue weighted by atomic mass is 10.3. The fourth-order valence-corrected chi connectivity index (χ4v) is 3.57. The van der Waals surface area contributed by atoms with Gasteiger partial charge in [0.15, 0.2) is 0 Å². The second kappa shape index (κ2) is 6.54. The lowest BCUT2D eigenvalue weighted by Gasteiger charge is -2.14. The molecule has 3 N–H and O–H groups in total. The van der Waals surface area contributed by atoms with Gasteiger partial charge in [-0.2, -0.15) is 0 Å². The largest absolute Gasteiger partial charge is 0.573 e. The molecule has 0 amide bonds. The van der Waals surface area contributed by atoms with Crippen LogP contribution < -0.4 is 14.6 Å². The minimum atomic E-state index is -5.08. The summed E-state index contributed by atoms with van der Waals surface area (Å²) in [5.74, 6) is -0.926. The summed E-state index contributed by atoms with van der Waals surface area (Å²) in [6, 6.07) is 8.61. The fraction of sp³-hybridized carbons (Fsp3) is 0.0769. The fourth-order valence-electron chi connectivity index (χ4n) is 1.83. The summed E-state index contributed by atoms with van der Waals surface area (Å²) >= 11 is 0. The number of primary sulfonamides is 1. The molecule has 0 saturated heterocycles. The Bertz CT molecular complexity index is 989. The van der Waals surface area contributed by atoms with Gasteiger partial charge in [0.25, 0.3) is 10.0 Å². The maximum atomic E-state index is 12.4. The third-order valence-electron chi connectivity index (χ3n) is 2.78. The molecule has 136 valence electrons. The first-order valence-corrected chi connectivity index (χ1v) is 9.42. The van der Waals surface area contributed by atoms with Crippen LogP contribution in [-0.2, 0) is 20.0 Å². The summed E-state index contributed by atoms with van der Waals surface area (Å²) in [5.41, 5.74) is -0.201. The van der Waals surface area contributed by atoms with Crippen molar-refractivity contribution < 1.29 is 34.7 Å². The average molecular weight is 396 g/mol. The van der Waals surface area contributed by atoms with Gasteiger partial charge in [-0.05, 0) is 30.3 Å². The topological polar surface area (TPSA) is 116 Å². The van der Waals surface area contributed by atoms with Crippen molar-refractivity contribution >= 4 is 25.7 Å². The van der Waals surface area contributed by atoms with Crippen LogP contribution in [0.3, 0.4) is 0 Å². The number of benzene rings is 2. The Hall–Kier alpha value is -2.31. The summed E-state index contributed by atoms with van der Waals surface area (Å²) in [7, 11) is -8.58. The van der Waals surface area contributed by atoms with E-state index in [2.05, 4.69) is 4.74 Å². The van der Waals surface area contributed by atoms with Crippen LogP contribution in [0.2, 0.25) is 0 Å². The highest BCUT2D eigenvalue weighted by Gasteiger charge is 2.34. The monoisotopic (exact) mass is 396 g/mol. The maximum absolute atomic E-state index is 12.4. The van der Waals surface area contributed by atoms with Crippen LogP contribution >= 0.6 is 0 Å². The van der Waals surface area contributed by atoms with E-state index in [9.17, 15) is 30.0 Å². The van der Waals surface area contributed by atoms with E-state index in [4.69, 9.17) is 5.14 Å². The van der Waals surface area contributed by atoms with Crippen LogP contribution in [0.5, 0.6) is 5.75 Å². The number of sulfonamides is 2. The number of para-hydroxylation sites is 1. The molecule has 0 fully saturated rings. The highest BCUT2D eigenvalue weighted by molar-refractivity contribution is 7.92. The number of hydrogen-bond acceptors (Lipinski definition) is 5. The zero-order valence-electron chi connectivity index (χ0n) is 12.2. The molecule has 0 aromatic heterocycles. The molecule has 2 aromatic carbocycles. The van der Waals surface area contributed by atoms with Gasteiger partial charge in [-0.25, -0.2) is 22.0 Å². The predicted molar refractivity (Wildman–Crippen MR) is 81.7 cm³/mol. The molecule has 0 aliphatic heterocycles. The maximum Gasteiger partial charge on any atom is 0.573 e. The second-order valence-electron chi connectivity index (χ2n) is 4.67. The van der Waals surface area contributed by atoms with Gasteiger partial charge in [0.05, 0.1) is 10.6 Å². The number of nitrogens with two attached hydrogens (primary N) is 1. The van der Waals surface area contributed by atoms with E-state index in [1.165, 1.54) is 24.3 Å². The van der Waals surface area contributed by atoms with Crippen molar-refractivity contribution in [3.8, 4) is 5.75 Å². The third-order valence-corrected chi connectivity index (χ3v) is 5.11. The molecule has 0 spiro atoms. The first-order chi connectivity index (χ1) is 11.4. The van der Waals surface area contributed by atoms with E-state index < -0.39 is 37.1 Å². The van der Waals surface area contributed by atoms with Gasteiger partial charge in [0.2, 0.25) is 10.0 Å². The predicted octanol–water partition coefficient (Wildman–Crippen LogP) is 2.03. The molecule has 12 heteroatoms. The molecule has 0 unspecified atom stereocenters. The SMILES string of the molecule is NS(=O)(=O)c1cccc(NS(=O)(=O)c2ccccc2OC(F)(F)F)c1. The first-order valence-electron chi connectivity index (χ1n) is 6.39. The Balaban J connectivity index is 2.41. The van der Waals surface area contributed by atoms with E-state index in [1.54, 1.807) is 0 Å². The Morgan fingerprint density at radius 3 is 2.20 bits per heavy atom. The standard InChI is InChI=1S/C13H11F3N2O5S2/c14-13(15,16)23-11-6-1-2-7-12(11)25(21,22)18-9-4-3-5-10(8-9)24(17,19)20/h1-8,18H,(H2,17,19,20). The van der Waals surface area contributed by atoms with Gasteiger partial charge in [0, 0.05) is 0 Å². The molecule has 2 aromatic rings. The number of hydrogen-bond donors (Lipinski definition) is 2. The zero-order chi connectivity index (χ0) is 18.9. The number of nitrogens with one attached hydrogen (secondary N) is 1. The highest BCUT2D eigenvalue weighted by atomic mass is 32.2. The van der Waals surface area contributed by atoms with Crippen molar-refractivity contribution in [2.24, 2.45) is 5.14 Å². The summed E-state index contributed by atoms with van der Waals surface area (Å²) in [5, 5.41) is 4.94. The van der Waals surface area contributed by atoms with E-state index in [-0.39, 0.29) is 10.6 Å². The number of halogens is 3. The van der Waals surface area contributed by atoms with Crippen LogP contribution in [0.25, 0.3) is 0 Å². The molecule has 7 nitrogen and oxygen atoms in total. The van der Waals surface area contributed by atoms with Crippen LogP contribution in [-0.4, -0.2) is 23.2 Å². The van der Waals surface area contributed by atoms with Crippen LogP contribution in [0.1, 0.15) is 0 Å². The molecule has 0 atom stereocenters. The Morgan fingerprint density at radius 1 is 0.960 bits per heavy atom. The minimum absolute atomic E-state index is 0.201. The summed E-state index contributed by atoms with van der Waals surface area (Å²) in [4.78, 5) is -1.14. The van der Waals surface area contributed by atoms with E-state index in [0.717, 1.165) is 24.3 Å². The van der Waals surface area contributed by atoms with E-state index in [0.29, 0.717) is 0 Å². The van der Waals surface area contributed by atoms with Gasteiger partial charge in [-0.3, -0.25) is 4.72 Å². The number of ether oxygens (including phenoxy) is 1. The average Bonchev–Trinajstić information content (AvgIpc) is 2.45. The third kappa shape index (κ3) is 5.08. The van der Waals surface area contributed by atoms with Crippen molar-refractivity contribution in [1.29, 1.82) is 0 Å². The van der Waals surface area contributed by atoms with Crippen molar-refractivity contribution in [2.45, 2.75) is 16.2 Å². The smallest absolute Gasteiger partial charge is 0.404 e. The van der Waals surface area contributed by atoms with Gasteiger partial charge in [-0.15, -0.1) is 13.2 Å². The molecule has 0 aliphatic rings. The van der Waals surface area contributed by atoms with Crippen molar-refractivity contribution in [3.63, 3.8) is 0 Å². The molecule has 0 bridgehead atoms. The second-order valence-corrected chi connectivity index (χ2v) is 7.89. The lowest BCUT2D eigenvalue weighted by Crippen LogP contribution is -2.21. The van der Waals surface area contributed by atoms with Crippen molar-refractivity contribution in [3.05, 3.63) is 48.5 Å². The van der Waals surface area contributed by atoms with Gasteiger partial charge in [0.1, 0.15) is 10.6 Å². The molecule has 2 rings (SSSR count). The minimum Gasteiger partial charge on any atom is -0.404 e. The molecule has 0 aliphatic carbocycles. The normalized spacial score (nSPS) is 12.6. The van der Waals surface area contributed by atoms with Gasteiger partial charge >= 0.3 is 6.36 Å². The molecular weight excluding hydrogens is 385 g/mol. The molecule has 0 radical (unpaired) electrons. The summed E-state index contributed by atoms with van der Waals surface area (Å²) in [6.07, 6.45) is -5.08. The molecule has 0 heterocycles. The van der Waals surface area contributed by atoms with Crippen LogP contribution in [0.15, 0.2) is 58.3 Å². The Morgan fingerprint density at radius 2 is 1.60 bits per heavy atom. The van der Waals surface area contributed by atoms with Crippen LogP contribution in [0, 0.1) is 0 Å². The zero-order valence-corrected chi connectivity index (χ0v) is 13.8. The quantitative estimate of drug-likeness (QED) is 0.802. The van der Waals surface area contributed by atoms with Crippen molar-refractivity contribution in [2.75, 3.05) is 4.72 Å².